The number of rotatable bonds is 8. The van der Waals surface area contributed by atoms with E-state index in [-0.39, 0.29) is 59.1 Å². The van der Waals surface area contributed by atoms with Crippen molar-refractivity contribution >= 4 is 16.4 Å². The van der Waals surface area contributed by atoms with Crippen molar-refractivity contribution < 1.29 is 120 Å². The number of aliphatic hydroxyl groups excluding tert-OH is 2. The minimum atomic E-state index is -5.36. The van der Waals surface area contributed by atoms with Crippen LogP contribution >= 0.6 is 0 Å². The molecule has 0 amide bonds. The van der Waals surface area contributed by atoms with Crippen molar-refractivity contribution in [3.63, 3.8) is 0 Å². The van der Waals surface area contributed by atoms with Crippen molar-refractivity contribution in [3.05, 3.63) is 0 Å². The first kappa shape index (κ1) is 33.1. The van der Waals surface area contributed by atoms with E-state index in [9.17, 15) is 33.1 Å². The van der Waals surface area contributed by atoms with Crippen molar-refractivity contribution in [2.24, 2.45) is 5.92 Å². The zero-order valence-electron chi connectivity index (χ0n) is 18.8. The summed E-state index contributed by atoms with van der Waals surface area (Å²) in [4.78, 5) is 11.4. The van der Waals surface area contributed by atoms with Crippen LogP contribution in [0.15, 0.2) is 0 Å². The molecule has 0 aromatic rings. The van der Waals surface area contributed by atoms with E-state index < -0.39 is 77.6 Å². The smallest absolute Gasteiger partial charge is 0.726 e. The first-order valence-electron chi connectivity index (χ1n) is 9.18. The third kappa shape index (κ3) is 7.78. The number of carboxylic acid groups (broad SMARTS) is 1. The molecule has 0 bridgehead atoms. The Balaban J connectivity index is 0.00000480. The SMILES string of the molecule is CCC1OC(OC)C(C)C(O)C1OC1OC(C(=O)[O-])C(OC)C(O)C1OS(=O)(=O)[O-].[Na+].[Na+]. The maximum atomic E-state index is 11.4. The Morgan fingerprint density at radius 1 is 1.00 bits per heavy atom. The van der Waals surface area contributed by atoms with Crippen LogP contribution < -0.4 is 64.2 Å². The van der Waals surface area contributed by atoms with Crippen LogP contribution in [-0.2, 0) is 43.1 Å². The van der Waals surface area contributed by atoms with Gasteiger partial charge in [0.05, 0.1) is 18.2 Å². The Hall–Kier alpha value is 1.06. The minimum absolute atomic E-state index is 0. The minimum Gasteiger partial charge on any atom is -0.726 e. The number of methoxy groups -OCH3 is 2. The van der Waals surface area contributed by atoms with E-state index in [0.29, 0.717) is 6.42 Å². The molecule has 0 spiro atoms. The molecule has 2 fully saturated rings. The van der Waals surface area contributed by atoms with E-state index in [1.165, 1.54) is 7.11 Å². The van der Waals surface area contributed by atoms with Crippen molar-refractivity contribution in [1.82, 2.24) is 0 Å². The Labute approximate surface area is 230 Å². The molecule has 10 unspecified atom stereocenters. The second-order valence-corrected chi connectivity index (χ2v) is 8.05. The average molecular weight is 504 g/mol. The molecule has 2 saturated heterocycles. The number of hydrogen-bond acceptors (Lipinski definition) is 13. The number of carbonyl (C=O) groups excluding carboxylic acids is 1. The van der Waals surface area contributed by atoms with E-state index in [0.717, 1.165) is 7.11 Å². The quantitative estimate of drug-likeness (QED) is 0.180. The Kier molecular flexibility index (Phi) is 14.4. The molecule has 0 aromatic heterocycles. The topological polar surface area (TPSA) is 193 Å². The molecule has 2 aliphatic rings. The van der Waals surface area contributed by atoms with E-state index in [2.05, 4.69) is 4.18 Å². The second kappa shape index (κ2) is 14.0. The van der Waals surface area contributed by atoms with Gasteiger partial charge in [0.25, 0.3) is 0 Å². The third-order valence-electron chi connectivity index (χ3n) is 5.16. The van der Waals surface area contributed by atoms with Crippen molar-refractivity contribution in [3.8, 4) is 0 Å². The van der Waals surface area contributed by atoms with Gasteiger partial charge >= 0.3 is 59.1 Å². The van der Waals surface area contributed by atoms with Crippen LogP contribution in [0, 0.1) is 5.92 Å². The van der Waals surface area contributed by atoms with Gasteiger partial charge in [-0.25, -0.2) is 8.42 Å². The molecule has 0 radical (unpaired) electrons. The van der Waals surface area contributed by atoms with Gasteiger partial charge in [0.15, 0.2) is 18.7 Å². The molecule has 16 heteroatoms. The Morgan fingerprint density at radius 2 is 1.59 bits per heavy atom. The van der Waals surface area contributed by atoms with Crippen LogP contribution in [0.3, 0.4) is 0 Å². The summed E-state index contributed by atoms with van der Waals surface area (Å²) in [5.74, 6) is -2.37. The van der Waals surface area contributed by atoms with Crippen LogP contribution in [0.4, 0.5) is 0 Å². The molecular formula is C16H26Na2O13S. The number of ether oxygens (including phenoxy) is 5. The van der Waals surface area contributed by atoms with Crippen LogP contribution in [0.1, 0.15) is 20.3 Å². The third-order valence-corrected chi connectivity index (χ3v) is 5.62. The van der Waals surface area contributed by atoms with Crippen LogP contribution in [0.25, 0.3) is 0 Å². The zero-order valence-corrected chi connectivity index (χ0v) is 23.6. The Bertz CT molecular complexity index is 693. The van der Waals surface area contributed by atoms with Gasteiger partial charge < -0.3 is 48.4 Å². The molecule has 10 atom stereocenters. The van der Waals surface area contributed by atoms with Gasteiger partial charge in [0.2, 0.25) is 10.4 Å². The summed E-state index contributed by atoms with van der Waals surface area (Å²) in [5.41, 5.74) is 0. The largest absolute Gasteiger partial charge is 1.00 e. The standard InChI is InChI=1S/C16H28O13S.2Na/c1-5-7-10(8(17)6(2)15(25-4)26-7)27-16-12(29-30(21,22)23)9(18)11(24-3)13(28-16)14(19)20;;/h6-13,15-18H,5H2,1-4H3,(H,19,20)(H,21,22,23);;/q;2*+1/p-2. The molecule has 176 valence electrons. The molecule has 13 nitrogen and oxygen atoms in total. The first-order valence-corrected chi connectivity index (χ1v) is 10.5. The van der Waals surface area contributed by atoms with Crippen molar-refractivity contribution in [1.29, 1.82) is 0 Å². The molecule has 0 aliphatic carbocycles. The average Bonchev–Trinajstić information content (AvgIpc) is 2.67. The normalized spacial score (nSPS) is 40.1. The maximum absolute atomic E-state index is 11.4. The van der Waals surface area contributed by atoms with Crippen LogP contribution in [-0.4, -0.2) is 98.7 Å². The van der Waals surface area contributed by atoms with E-state index in [1.807, 2.05) is 0 Å². The maximum Gasteiger partial charge on any atom is 1.00 e. The number of aliphatic hydroxyl groups is 2. The fourth-order valence-electron chi connectivity index (χ4n) is 3.60. The predicted octanol–water partition coefficient (Wildman–Crippen LogP) is -9.15. The zero-order chi connectivity index (χ0) is 22.8. The van der Waals surface area contributed by atoms with Crippen molar-refractivity contribution in [2.75, 3.05) is 14.2 Å². The summed E-state index contributed by atoms with van der Waals surface area (Å²) in [7, 11) is -2.93. The molecule has 2 rings (SSSR count). The summed E-state index contributed by atoms with van der Waals surface area (Å²) in [6.45, 7) is 3.33. The van der Waals surface area contributed by atoms with Gasteiger partial charge in [0.1, 0.15) is 24.4 Å². The van der Waals surface area contributed by atoms with Gasteiger partial charge in [-0.2, -0.15) is 0 Å². The first-order chi connectivity index (χ1) is 13.9. The molecule has 2 N–H and O–H groups in total. The fourth-order valence-corrected chi connectivity index (χ4v) is 4.08. The summed E-state index contributed by atoms with van der Waals surface area (Å²) < 4.78 is 64.4. The van der Waals surface area contributed by atoms with Gasteiger partial charge in [-0.15, -0.1) is 0 Å². The van der Waals surface area contributed by atoms with Crippen LogP contribution in [0.2, 0.25) is 0 Å². The summed E-state index contributed by atoms with van der Waals surface area (Å²) >= 11 is 0. The fraction of sp³-hybridized carbons (Fsp3) is 0.938. The van der Waals surface area contributed by atoms with Gasteiger partial charge in [-0.1, -0.05) is 13.8 Å². The molecular weight excluding hydrogens is 478 g/mol. The second-order valence-electron chi connectivity index (χ2n) is 7.04. The van der Waals surface area contributed by atoms with Gasteiger partial charge in [0, 0.05) is 20.1 Å². The molecule has 2 heterocycles. The number of hydrogen-bond donors (Lipinski definition) is 2. The Morgan fingerprint density at radius 3 is 2.03 bits per heavy atom. The molecule has 0 aromatic carbocycles. The number of aliphatic carboxylic acids is 1. The van der Waals surface area contributed by atoms with E-state index in [4.69, 9.17) is 23.7 Å². The van der Waals surface area contributed by atoms with Crippen molar-refractivity contribution in [2.45, 2.75) is 75.6 Å². The van der Waals surface area contributed by atoms with Gasteiger partial charge in [-0.05, 0) is 6.42 Å². The molecule has 2 aliphatic heterocycles. The molecule has 32 heavy (non-hydrogen) atoms. The molecule has 0 saturated carbocycles. The number of carbonyl (C=O) groups is 1. The van der Waals surface area contributed by atoms with E-state index in [1.54, 1.807) is 13.8 Å². The van der Waals surface area contributed by atoms with Gasteiger partial charge in [-0.3, -0.25) is 4.18 Å². The van der Waals surface area contributed by atoms with E-state index >= 15 is 0 Å². The number of carboxylic acids is 1. The summed E-state index contributed by atoms with van der Waals surface area (Å²) in [6.07, 6.45) is -12.9. The summed E-state index contributed by atoms with van der Waals surface area (Å²) in [6, 6.07) is 0. The monoisotopic (exact) mass is 504 g/mol. The van der Waals surface area contributed by atoms with Crippen LogP contribution in [0.5, 0.6) is 0 Å². The predicted molar refractivity (Wildman–Crippen MR) is 91.0 cm³/mol. The summed E-state index contributed by atoms with van der Waals surface area (Å²) in [5, 5.41) is 32.5.